The van der Waals surface area contributed by atoms with E-state index < -0.39 is 66.8 Å². The van der Waals surface area contributed by atoms with Gasteiger partial charge in [0.05, 0.1) is 32.1 Å². The van der Waals surface area contributed by atoms with Crippen LogP contribution in [0.5, 0.6) is 5.75 Å². The Kier molecular flexibility index (Phi) is 9.27. The highest BCUT2D eigenvalue weighted by atomic mass is 79.9. The smallest absolute Gasteiger partial charge is 0.259 e. The van der Waals surface area contributed by atoms with Crippen molar-refractivity contribution in [2.45, 2.75) is 55.4 Å². The second-order valence-corrected chi connectivity index (χ2v) is 11.9. The monoisotopic (exact) mass is 716 g/mol. The molecular weight excluding hydrogens is 690 g/mol. The lowest BCUT2D eigenvalue weighted by molar-refractivity contribution is -0.211. The molecule has 0 bridgehead atoms. The van der Waals surface area contributed by atoms with Crippen molar-refractivity contribution < 1.29 is 43.1 Å². The number of halogens is 4. The normalized spacial score (nSPS) is 27.4. The lowest BCUT2D eigenvalue weighted by Gasteiger charge is -2.47. The van der Waals surface area contributed by atoms with Gasteiger partial charge in [0, 0.05) is 27.3 Å². The first-order chi connectivity index (χ1) is 20.1. The number of ether oxygens (including phenoxy) is 3. The van der Waals surface area contributed by atoms with Gasteiger partial charge in [0.2, 0.25) is 5.82 Å². The number of hydrogen-bond acceptors (Lipinski definition) is 9. The SMILES string of the molecule is COc1cc(-c2cn([C@H]3[C@@H](O)[C@@H](CO)O[C@@H](C(=O)N(c4cc(Br)cc(Br)c4)[C@H]4CC[C@@H]4O)[C@@H]3OC)nn2)cc(F)c1F. The van der Waals surface area contributed by atoms with Gasteiger partial charge < -0.3 is 34.4 Å². The molecule has 1 aliphatic heterocycles. The summed E-state index contributed by atoms with van der Waals surface area (Å²) in [6, 6.07) is 5.81. The molecule has 1 aromatic heterocycles. The van der Waals surface area contributed by atoms with Gasteiger partial charge in [-0.3, -0.25) is 4.79 Å². The summed E-state index contributed by atoms with van der Waals surface area (Å²) < 4.78 is 47.4. The number of nitrogens with zero attached hydrogens (tertiary/aromatic N) is 4. The Bertz CT molecular complexity index is 1440. The summed E-state index contributed by atoms with van der Waals surface area (Å²) >= 11 is 6.88. The molecule has 1 aliphatic carbocycles. The highest BCUT2D eigenvalue weighted by Crippen LogP contribution is 2.38. The van der Waals surface area contributed by atoms with E-state index in [1.807, 2.05) is 0 Å². The fraction of sp³-hybridized carbons (Fsp3) is 0.444. The molecule has 15 heteroatoms. The largest absolute Gasteiger partial charge is 0.494 e. The standard InChI is InChI=1S/C27H28Br2F2N4O7/c1-40-20-6-12(5-16(30)22(20)31)17-10-34(33-32-17)23-24(38)21(11-36)42-26(25(23)41-2)27(39)35(18-3-4-19(18)37)15-8-13(28)7-14(29)9-15/h5-10,18-19,21,23-26,36-38H,3-4,11H2,1-2H3/t18-,19-,21+,23-,24-,25+,26+/m0/s1. The molecule has 2 fully saturated rings. The molecule has 11 nitrogen and oxygen atoms in total. The quantitative estimate of drug-likeness (QED) is 0.321. The summed E-state index contributed by atoms with van der Waals surface area (Å²) in [6.07, 6.45) is -3.43. The fourth-order valence-electron chi connectivity index (χ4n) is 5.34. The van der Waals surface area contributed by atoms with E-state index in [2.05, 4.69) is 42.2 Å². The van der Waals surface area contributed by atoms with Gasteiger partial charge in [0.25, 0.3) is 5.91 Å². The van der Waals surface area contributed by atoms with Crippen molar-refractivity contribution in [1.29, 1.82) is 0 Å². The van der Waals surface area contributed by atoms with Crippen LogP contribution in [0.4, 0.5) is 14.5 Å². The third-order valence-corrected chi connectivity index (χ3v) is 8.52. The number of amides is 1. The number of aromatic nitrogens is 3. The molecule has 1 saturated carbocycles. The third-order valence-electron chi connectivity index (χ3n) is 7.61. The van der Waals surface area contributed by atoms with Gasteiger partial charge in [0.15, 0.2) is 17.7 Å². The minimum Gasteiger partial charge on any atom is -0.494 e. The van der Waals surface area contributed by atoms with Crippen LogP contribution in [-0.2, 0) is 14.3 Å². The summed E-state index contributed by atoms with van der Waals surface area (Å²) in [5, 5.41) is 40.0. The number of hydrogen-bond donors (Lipinski definition) is 3. The van der Waals surface area contributed by atoms with Crippen molar-refractivity contribution in [2.75, 3.05) is 25.7 Å². The lowest BCUT2D eigenvalue weighted by Crippen LogP contribution is -2.64. The molecule has 2 aliphatic rings. The van der Waals surface area contributed by atoms with E-state index in [0.717, 1.165) is 6.07 Å². The van der Waals surface area contributed by atoms with Crippen LogP contribution in [0.1, 0.15) is 18.9 Å². The van der Waals surface area contributed by atoms with E-state index in [9.17, 15) is 28.9 Å². The Morgan fingerprint density at radius 2 is 1.86 bits per heavy atom. The Balaban J connectivity index is 1.53. The van der Waals surface area contributed by atoms with E-state index in [4.69, 9.17) is 14.2 Å². The van der Waals surface area contributed by atoms with E-state index in [0.29, 0.717) is 27.5 Å². The molecule has 0 spiro atoms. The van der Waals surface area contributed by atoms with Crippen LogP contribution in [0.3, 0.4) is 0 Å². The number of methoxy groups -OCH3 is 2. The minimum atomic E-state index is -1.40. The molecule has 42 heavy (non-hydrogen) atoms. The molecule has 3 N–H and O–H groups in total. The van der Waals surface area contributed by atoms with Crippen molar-refractivity contribution >= 4 is 43.5 Å². The second kappa shape index (κ2) is 12.6. The van der Waals surface area contributed by atoms with E-state index in [1.165, 1.54) is 36.1 Å². The van der Waals surface area contributed by atoms with Crippen molar-refractivity contribution in [2.24, 2.45) is 0 Å². The number of carbonyl (C=O) groups excluding carboxylic acids is 1. The zero-order valence-electron chi connectivity index (χ0n) is 22.4. The van der Waals surface area contributed by atoms with Gasteiger partial charge in [-0.25, -0.2) is 9.07 Å². The second-order valence-electron chi connectivity index (χ2n) is 10.1. The molecule has 1 amide bonds. The predicted octanol–water partition coefficient (Wildman–Crippen LogP) is 2.99. The zero-order valence-corrected chi connectivity index (χ0v) is 25.6. The molecule has 226 valence electrons. The Morgan fingerprint density at radius 1 is 1.14 bits per heavy atom. The van der Waals surface area contributed by atoms with Crippen LogP contribution in [0.15, 0.2) is 45.5 Å². The first kappa shape index (κ1) is 30.9. The number of aliphatic hydroxyl groups is 3. The Labute approximate surface area is 256 Å². The molecule has 0 radical (unpaired) electrons. The molecule has 5 rings (SSSR count). The summed E-state index contributed by atoms with van der Waals surface area (Å²) in [5.74, 6) is -3.19. The maximum Gasteiger partial charge on any atom is 0.259 e. The fourth-order valence-corrected chi connectivity index (χ4v) is 6.61. The topological polar surface area (TPSA) is 139 Å². The van der Waals surface area contributed by atoms with Gasteiger partial charge in [-0.2, -0.15) is 4.39 Å². The van der Waals surface area contributed by atoms with E-state index in [-0.39, 0.29) is 17.0 Å². The van der Waals surface area contributed by atoms with E-state index in [1.54, 1.807) is 18.2 Å². The molecule has 1 saturated heterocycles. The summed E-state index contributed by atoms with van der Waals surface area (Å²) in [7, 11) is 2.54. The van der Waals surface area contributed by atoms with Gasteiger partial charge in [-0.1, -0.05) is 37.1 Å². The zero-order chi connectivity index (χ0) is 30.3. The number of aliphatic hydroxyl groups excluding tert-OH is 3. The molecule has 2 heterocycles. The molecule has 3 aromatic rings. The molecule has 2 aromatic carbocycles. The van der Waals surface area contributed by atoms with Crippen LogP contribution in [-0.4, -0.2) is 93.6 Å². The molecular formula is C27H28Br2F2N4O7. The number of benzene rings is 2. The van der Waals surface area contributed by atoms with Crippen molar-refractivity contribution in [3.05, 3.63) is 57.1 Å². The third kappa shape index (κ3) is 5.70. The average Bonchev–Trinajstić information content (AvgIpc) is 3.44. The van der Waals surface area contributed by atoms with Crippen LogP contribution in [0, 0.1) is 11.6 Å². The van der Waals surface area contributed by atoms with Crippen molar-refractivity contribution in [3.63, 3.8) is 0 Å². The maximum absolute atomic E-state index is 14.3. The minimum absolute atomic E-state index is 0.127. The van der Waals surface area contributed by atoms with E-state index >= 15 is 0 Å². The predicted molar refractivity (Wildman–Crippen MR) is 152 cm³/mol. The lowest BCUT2D eigenvalue weighted by atomic mass is 9.85. The van der Waals surface area contributed by atoms with Gasteiger partial charge in [-0.15, -0.1) is 5.10 Å². The van der Waals surface area contributed by atoms with Crippen LogP contribution < -0.4 is 9.64 Å². The molecule has 0 unspecified atom stereocenters. The average molecular weight is 718 g/mol. The first-order valence-electron chi connectivity index (χ1n) is 13.0. The molecule has 7 atom stereocenters. The first-order valence-corrected chi connectivity index (χ1v) is 14.6. The Morgan fingerprint density at radius 3 is 2.43 bits per heavy atom. The maximum atomic E-state index is 14.3. The van der Waals surface area contributed by atoms with Gasteiger partial charge in [-0.05, 0) is 43.2 Å². The summed E-state index contributed by atoms with van der Waals surface area (Å²) in [4.78, 5) is 15.7. The summed E-state index contributed by atoms with van der Waals surface area (Å²) in [6.45, 7) is -0.631. The Hall–Kier alpha value is -2.53. The summed E-state index contributed by atoms with van der Waals surface area (Å²) in [5.41, 5.74) is 0.772. The van der Waals surface area contributed by atoms with Gasteiger partial charge >= 0.3 is 0 Å². The highest BCUT2D eigenvalue weighted by Gasteiger charge is 2.52. The number of anilines is 1. The van der Waals surface area contributed by atoms with Gasteiger partial charge in [0.1, 0.15) is 30.0 Å². The van der Waals surface area contributed by atoms with Crippen molar-refractivity contribution in [1.82, 2.24) is 15.0 Å². The van der Waals surface area contributed by atoms with Crippen molar-refractivity contribution in [3.8, 4) is 17.0 Å². The number of carbonyl (C=O) groups is 1. The van der Waals surface area contributed by atoms with Crippen LogP contribution >= 0.6 is 31.9 Å². The van der Waals surface area contributed by atoms with Crippen LogP contribution in [0.2, 0.25) is 0 Å². The number of rotatable bonds is 8. The van der Waals surface area contributed by atoms with Crippen LogP contribution in [0.25, 0.3) is 11.3 Å². The highest BCUT2D eigenvalue weighted by molar-refractivity contribution is 9.11.